The zero-order valence-electron chi connectivity index (χ0n) is 10.0. The highest BCUT2D eigenvalue weighted by atomic mass is 35.5. The van der Waals surface area contributed by atoms with Gasteiger partial charge in [-0.05, 0) is 23.8 Å². The van der Waals surface area contributed by atoms with Gasteiger partial charge >= 0.3 is 5.97 Å². The van der Waals surface area contributed by atoms with Crippen molar-refractivity contribution in [2.24, 2.45) is 0 Å². The maximum absolute atomic E-state index is 11.8. The van der Waals surface area contributed by atoms with Gasteiger partial charge in [-0.15, -0.1) is 0 Å². The normalized spacial score (nSPS) is 20.8. The summed E-state index contributed by atoms with van der Waals surface area (Å²) in [4.78, 5) is 11.8. The summed E-state index contributed by atoms with van der Waals surface area (Å²) in [6, 6.07) is 8.23. The second-order valence-electron chi connectivity index (χ2n) is 4.34. The molecule has 0 aliphatic carbocycles. The minimum absolute atomic E-state index is 0.223. The number of carboxylic acids is 1. The molecule has 1 unspecified atom stereocenters. The lowest BCUT2D eigenvalue weighted by atomic mass is 9.89. The number of carbonyl (C=O) groups is 1. The predicted molar refractivity (Wildman–Crippen MR) is 76.7 cm³/mol. The van der Waals surface area contributed by atoms with Crippen LogP contribution in [-0.2, 0) is 10.3 Å². The number of carboxylic acid groups (broad SMARTS) is 1. The van der Waals surface area contributed by atoms with E-state index < -0.39 is 11.5 Å². The largest absolute Gasteiger partial charge is 0.479 e. The second-order valence-corrected chi connectivity index (χ2v) is 5.16. The summed E-state index contributed by atoms with van der Waals surface area (Å²) >= 11 is 12.0. The van der Waals surface area contributed by atoms with E-state index in [-0.39, 0.29) is 5.16 Å². The molecule has 5 nitrogen and oxygen atoms in total. The summed E-state index contributed by atoms with van der Waals surface area (Å²) in [6.07, 6.45) is 2.96. The number of hydrogen-bond acceptors (Lipinski definition) is 3. The lowest BCUT2D eigenvalue weighted by Gasteiger charge is -2.32. The van der Waals surface area contributed by atoms with Gasteiger partial charge < -0.3 is 10.4 Å². The SMILES string of the molecule is O=C(O)C1(c2ccc(Cl)cc2)C=C(Cl)n2nccc2N1. The van der Waals surface area contributed by atoms with Crippen molar-refractivity contribution in [3.05, 3.63) is 53.2 Å². The molecule has 0 amide bonds. The van der Waals surface area contributed by atoms with Crippen LogP contribution in [0.2, 0.25) is 5.02 Å². The molecule has 1 aliphatic heterocycles. The van der Waals surface area contributed by atoms with Crippen molar-refractivity contribution < 1.29 is 9.90 Å². The van der Waals surface area contributed by atoms with E-state index in [2.05, 4.69) is 10.4 Å². The quantitative estimate of drug-likeness (QED) is 0.895. The topological polar surface area (TPSA) is 67.1 Å². The number of nitrogens with one attached hydrogen (secondary N) is 1. The van der Waals surface area contributed by atoms with Crippen LogP contribution >= 0.6 is 23.2 Å². The van der Waals surface area contributed by atoms with Crippen LogP contribution in [0.1, 0.15) is 5.56 Å². The van der Waals surface area contributed by atoms with Crippen molar-refractivity contribution >= 4 is 40.1 Å². The first-order chi connectivity index (χ1) is 9.53. The van der Waals surface area contributed by atoms with Gasteiger partial charge in [-0.25, -0.2) is 9.48 Å². The molecule has 0 spiro atoms. The Labute approximate surface area is 124 Å². The summed E-state index contributed by atoms with van der Waals surface area (Å²) in [5.74, 6) is -0.555. The molecule has 0 saturated heterocycles. The molecule has 3 rings (SSSR count). The standard InChI is InChI=1S/C13H9Cl2N3O2/c14-9-3-1-8(2-4-9)13(12(19)20)7-10(15)18-11(17-13)5-6-16-18/h1-7,17H,(H,19,20). The van der Waals surface area contributed by atoms with Crippen LogP contribution in [0.15, 0.2) is 42.6 Å². The van der Waals surface area contributed by atoms with Crippen molar-refractivity contribution in [1.82, 2.24) is 9.78 Å². The van der Waals surface area contributed by atoms with Crippen molar-refractivity contribution in [3.63, 3.8) is 0 Å². The minimum atomic E-state index is -1.45. The number of aromatic nitrogens is 2. The van der Waals surface area contributed by atoms with Gasteiger partial charge in [-0.3, -0.25) is 0 Å². The lowest BCUT2D eigenvalue weighted by molar-refractivity contribution is -0.140. The van der Waals surface area contributed by atoms with Crippen molar-refractivity contribution in [2.75, 3.05) is 5.32 Å². The van der Waals surface area contributed by atoms with E-state index in [4.69, 9.17) is 23.2 Å². The number of aliphatic carboxylic acids is 1. The highest BCUT2D eigenvalue weighted by molar-refractivity contribution is 6.45. The van der Waals surface area contributed by atoms with Crippen LogP contribution in [0.4, 0.5) is 5.82 Å². The lowest BCUT2D eigenvalue weighted by Crippen LogP contribution is -2.44. The second kappa shape index (κ2) is 4.54. The highest BCUT2D eigenvalue weighted by Crippen LogP contribution is 2.36. The maximum atomic E-state index is 11.8. The van der Waals surface area contributed by atoms with E-state index in [1.165, 1.54) is 10.8 Å². The molecule has 0 saturated carbocycles. The van der Waals surface area contributed by atoms with Crippen molar-refractivity contribution in [3.8, 4) is 0 Å². The third-order valence-electron chi connectivity index (χ3n) is 3.14. The predicted octanol–water partition coefficient (Wildman–Crippen LogP) is 2.98. The monoisotopic (exact) mass is 309 g/mol. The molecule has 1 atom stereocenters. The Morgan fingerprint density at radius 3 is 2.60 bits per heavy atom. The number of anilines is 1. The van der Waals surface area contributed by atoms with Crippen LogP contribution in [0, 0.1) is 0 Å². The van der Waals surface area contributed by atoms with Gasteiger partial charge in [0, 0.05) is 11.1 Å². The number of halogens is 2. The maximum Gasteiger partial charge on any atom is 0.338 e. The summed E-state index contributed by atoms with van der Waals surface area (Å²) in [5, 5.41) is 17.4. The van der Waals surface area contributed by atoms with Crippen LogP contribution in [-0.4, -0.2) is 20.9 Å². The van der Waals surface area contributed by atoms with Gasteiger partial charge in [0.1, 0.15) is 11.0 Å². The van der Waals surface area contributed by atoms with Crippen LogP contribution in [0.3, 0.4) is 0 Å². The van der Waals surface area contributed by atoms with Crippen LogP contribution < -0.4 is 5.32 Å². The molecule has 0 fully saturated rings. The summed E-state index contributed by atoms with van der Waals surface area (Å²) < 4.78 is 1.43. The van der Waals surface area contributed by atoms with Crippen molar-refractivity contribution in [2.45, 2.75) is 5.54 Å². The number of fused-ring (bicyclic) bond motifs is 1. The Morgan fingerprint density at radius 1 is 1.25 bits per heavy atom. The third kappa shape index (κ3) is 1.87. The van der Waals surface area contributed by atoms with E-state index in [0.29, 0.717) is 16.4 Å². The Bertz CT molecular complexity index is 709. The average molecular weight is 310 g/mol. The molecule has 0 bridgehead atoms. The fourth-order valence-electron chi connectivity index (χ4n) is 2.15. The molecule has 1 aromatic heterocycles. The van der Waals surface area contributed by atoms with Gasteiger partial charge in [0.25, 0.3) is 0 Å². The number of hydrogen-bond donors (Lipinski definition) is 2. The molecule has 20 heavy (non-hydrogen) atoms. The molecular formula is C13H9Cl2N3O2. The molecule has 1 aromatic carbocycles. The first-order valence-corrected chi connectivity index (χ1v) is 6.49. The van der Waals surface area contributed by atoms with Gasteiger partial charge in [-0.2, -0.15) is 5.10 Å². The summed E-state index contributed by atoms with van der Waals surface area (Å²) in [7, 11) is 0. The summed E-state index contributed by atoms with van der Waals surface area (Å²) in [6.45, 7) is 0. The third-order valence-corrected chi connectivity index (χ3v) is 3.66. The molecule has 7 heteroatoms. The Morgan fingerprint density at radius 2 is 1.95 bits per heavy atom. The molecule has 0 radical (unpaired) electrons. The number of benzene rings is 1. The van der Waals surface area contributed by atoms with Gasteiger partial charge in [0.15, 0.2) is 5.54 Å². The van der Waals surface area contributed by atoms with Gasteiger partial charge in [-0.1, -0.05) is 35.3 Å². The molecule has 2 N–H and O–H groups in total. The first kappa shape index (κ1) is 13.0. The van der Waals surface area contributed by atoms with E-state index in [9.17, 15) is 9.90 Å². The Hall–Kier alpha value is -1.98. The molecule has 2 heterocycles. The molecule has 102 valence electrons. The summed E-state index contributed by atoms with van der Waals surface area (Å²) in [5.41, 5.74) is -0.919. The highest BCUT2D eigenvalue weighted by Gasteiger charge is 2.42. The Balaban J connectivity index is 2.18. The average Bonchev–Trinajstić information content (AvgIpc) is 2.87. The molecule has 1 aliphatic rings. The number of nitrogens with zero attached hydrogens (tertiary/aromatic N) is 2. The fraction of sp³-hybridized carbons (Fsp3) is 0.0769. The van der Waals surface area contributed by atoms with E-state index in [1.807, 2.05) is 0 Å². The van der Waals surface area contributed by atoms with E-state index in [1.54, 1.807) is 36.5 Å². The van der Waals surface area contributed by atoms with Crippen LogP contribution in [0.25, 0.3) is 5.16 Å². The molecule has 2 aromatic rings. The fourth-order valence-corrected chi connectivity index (χ4v) is 2.58. The first-order valence-electron chi connectivity index (χ1n) is 5.73. The smallest absolute Gasteiger partial charge is 0.338 e. The number of rotatable bonds is 2. The van der Waals surface area contributed by atoms with Crippen LogP contribution in [0.5, 0.6) is 0 Å². The van der Waals surface area contributed by atoms with Gasteiger partial charge in [0.2, 0.25) is 0 Å². The zero-order chi connectivity index (χ0) is 14.3. The van der Waals surface area contributed by atoms with Gasteiger partial charge in [0.05, 0.1) is 6.20 Å². The minimum Gasteiger partial charge on any atom is -0.479 e. The van der Waals surface area contributed by atoms with Crippen molar-refractivity contribution in [1.29, 1.82) is 0 Å². The Kier molecular flexibility index (Phi) is 2.96. The molecular weight excluding hydrogens is 301 g/mol. The van der Waals surface area contributed by atoms with E-state index in [0.717, 1.165) is 0 Å². The van der Waals surface area contributed by atoms with E-state index >= 15 is 0 Å². The zero-order valence-corrected chi connectivity index (χ0v) is 11.6.